The first kappa shape index (κ1) is 32.7. The van der Waals surface area contributed by atoms with Crippen molar-refractivity contribution in [3.8, 4) is 17.1 Å². The van der Waals surface area contributed by atoms with Crippen LogP contribution in [-0.2, 0) is 16.6 Å². The van der Waals surface area contributed by atoms with Crippen LogP contribution in [0, 0.1) is 24.7 Å². The van der Waals surface area contributed by atoms with Crippen LogP contribution in [0.5, 0.6) is 5.88 Å². The van der Waals surface area contributed by atoms with E-state index < -0.39 is 27.7 Å². The van der Waals surface area contributed by atoms with Crippen molar-refractivity contribution < 1.29 is 26.3 Å². The van der Waals surface area contributed by atoms with Crippen LogP contribution in [-0.4, -0.2) is 61.2 Å². The third-order valence-corrected chi connectivity index (χ3v) is 11.4. The predicted octanol–water partition coefficient (Wildman–Crippen LogP) is 6.64. The van der Waals surface area contributed by atoms with E-state index >= 15 is 0 Å². The molecule has 1 atom stereocenters. The van der Waals surface area contributed by atoms with E-state index in [1.54, 1.807) is 18.2 Å². The zero-order chi connectivity index (χ0) is 32.9. The van der Waals surface area contributed by atoms with Gasteiger partial charge in [-0.05, 0) is 93.3 Å². The van der Waals surface area contributed by atoms with Gasteiger partial charge in [-0.25, -0.2) is 18.1 Å². The molecule has 8 nitrogen and oxygen atoms in total. The second-order valence-electron chi connectivity index (χ2n) is 14.0. The summed E-state index contributed by atoms with van der Waals surface area (Å²) in [6.45, 7) is 8.45. The smallest absolute Gasteiger partial charge is 0.394 e. The minimum absolute atomic E-state index is 0.0309. The SMILES string of the molecule is Cc1cccc(C)c1-c1cc2nc(n1)NS(=O)(=O)c1cccc(c1)CN(C1CC3(CCNCC3)C1)[C@H](CC(C)(C)C(F)(F)F)CO2. The van der Waals surface area contributed by atoms with E-state index in [0.29, 0.717) is 17.8 Å². The summed E-state index contributed by atoms with van der Waals surface area (Å²) in [6, 6.07) is 13.4. The molecule has 1 spiro atoms. The van der Waals surface area contributed by atoms with Gasteiger partial charge in [0.2, 0.25) is 11.8 Å². The first-order valence-electron chi connectivity index (χ1n) is 15.9. The highest BCUT2D eigenvalue weighted by Crippen LogP contribution is 2.52. The molecule has 4 bridgehead atoms. The van der Waals surface area contributed by atoms with Crippen molar-refractivity contribution in [1.82, 2.24) is 20.2 Å². The number of benzene rings is 2. The second-order valence-corrected chi connectivity index (χ2v) is 15.7. The molecule has 2 N–H and O–H groups in total. The van der Waals surface area contributed by atoms with Crippen molar-refractivity contribution in [2.75, 3.05) is 24.4 Å². The minimum atomic E-state index is -4.43. The number of hydrogen-bond donors (Lipinski definition) is 2. The fourth-order valence-electron chi connectivity index (χ4n) is 7.35. The molecule has 12 heteroatoms. The quantitative estimate of drug-likeness (QED) is 0.325. The molecular formula is C34H42F3N5O3S. The van der Waals surface area contributed by atoms with Crippen LogP contribution in [0.15, 0.2) is 53.4 Å². The zero-order valence-electron chi connectivity index (χ0n) is 26.7. The van der Waals surface area contributed by atoms with Crippen LogP contribution in [0.25, 0.3) is 11.3 Å². The summed E-state index contributed by atoms with van der Waals surface area (Å²) in [7, 11) is -4.10. The van der Waals surface area contributed by atoms with E-state index in [-0.39, 0.29) is 41.2 Å². The molecule has 0 radical (unpaired) electrons. The molecular weight excluding hydrogens is 615 g/mol. The summed E-state index contributed by atoms with van der Waals surface area (Å²) in [4.78, 5) is 11.1. The van der Waals surface area contributed by atoms with Crippen LogP contribution in [0.2, 0.25) is 0 Å². The average molecular weight is 658 g/mol. The number of nitrogens with zero attached hydrogens (tertiary/aromatic N) is 3. The summed E-state index contributed by atoms with van der Waals surface area (Å²) < 4.78 is 79.2. The lowest BCUT2D eigenvalue weighted by molar-refractivity contribution is -0.220. The molecule has 1 aromatic heterocycles. The van der Waals surface area contributed by atoms with Gasteiger partial charge in [0.1, 0.15) is 6.61 Å². The maximum Gasteiger partial charge on any atom is 0.394 e. The minimum Gasteiger partial charge on any atom is -0.476 e. The molecule has 1 saturated heterocycles. The lowest BCUT2D eigenvalue weighted by atomic mass is 9.60. The Labute approximate surface area is 269 Å². The predicted molar refractivity (Wildman–Crippen MR) is 171 cm³/mol. The van der Waals surface area contributed by atoms with Crippen LogP contribution in [0.4, 0.5) is 19.1 Å². The van der Waals surface area contributed by atoms with Gasteiger partial charge in [0.15, 0.2) is 0 Å². The number of aryl methyl sites for hydroxylation is 2. The molecule has 3 aliphatic rings. The monoisotopic (exact) mass is 657 g/mol. The molecule has 46 heavy (non-hydrogen) atoms. The highest BCUT2D eigenvalue weighted by molar-refractivity contribution is 7.92. The van der Waals surface area contributed by atoms with Gasteiger partial charge in [0.25, 0.3) is 10.0 Å². The summed E-state index contributed by atoms with van der Waals surface area (Å²) in [5.74, 6) is -0.0785. The Kier molecular flexibility index (Phi) is 8.60. The molecule has 3 aromatic rings. The molecule has 1 aliphatic carbocycles. The van der Waals surface area contributed by atoms with Gasteiger partial charge in [-0.15, -0.1) is 0 Å². The van der Waals surface area contributed by atoms with Gasteiger partial charge in [-0.1, -0.05) is 44.2 Å². The third-order valence-electron chi connectivity index (χ3n) is 10.1. The molecule has 2 aromatic carbocycles. The Morgan fingerprint density at radius 2 is 1.67 bits per heavy atom. The standard InChI is InChI=1S/C34H42F3N5O3S/c1-22-7-5-8-23(2)30(22)28-16-29-40-31(39-28)41-46(43,44)27-10-6-9-24(15-27)20-42(25-18-33(19-25)11-13-38-14-12-33)26(21-45-29)17-32(3,4)34(35,36)37/h5-10,15-16,25-26,38H,11-14,17-21H2,1-4H3,(H,39,40,41)/t26-/m1/s1. The highest BCUT2D eigenvalue weighted by atomic mass is 32.2. The van der Waals surface area contributed by atoms with Gasteiger partial charge in [0, 0.05) is 30.3 Å². The highest BCUT2D eigenvalue weighted by Gasteiger charge is 2.52. The molecule has 6 rings (SSSR count). The summed E-state index contributed by atoms with van der Waals surface area (Å²) in [5, 5.41) is 3.42. The van der Waals surface area contributed by atoms with E-state index in [2.05, 4.69) is 24.9 Å². The number of piperidine rings is 1. The fraction of sp³-hybridized carbons (Fsp3) is 0.529. The van der Waals surface area contributed by atoms with Crippen molar-refractivity contribution in [2.24, 2.45) is 10.8 Å². The van der Waals surface area contributed by atoms with Crippen molar-refractivity contribution in [3.05, 3.63) is 65.2 Å². The summed E-state index contributed by atoms with van der Waals surface area (Å²) >= 11 is 0. The number of rotatable bonds is 4. The first-order valence-corrected chi connectivity index (χ1v) is 17.4. The second kappa shape index (κ2) is 12.1. The van der Waals surface area contributed by atoms with Crippen LogP contribution in [0.1, 0.15) is 62.6 Å². The Morgan fingerprint density at radius 3 is 2.35 bits per heavy atom. The summed E-state index contributed by atoms with van der Waals surface area (Å²) in [5.41, 5.74) is 2.01. The maximum absolute atomic E-state index is 14.4. The van der Waals surface area contributed by atoms with Crippen molar-refractivity contribution in [2.45, 2.75) is 89.5 Å². The number of anilines is 1. The van der Waals surface area contributed by atoms with E-state index in [9.17, 15) is 21.6 Å². The van der Waals surface area contributed by atoms with Crippen LogP contribution < -0.4 is 14.8 Å². The fourth-order valence-corrected chi connectivity index (χ4v) is 8.36. The van der Waals surface area contributed by atoms with Crippen LogP contribution in [0.3, 0.4) is 0 Å². The van der Waals surface area contributed by atoms with Crippen LogP contribution >= 0.6 is 0 Å². The van der Waals surface area contributed by atoms with E-state index in [1.807, 2.05) is 38.1 Å². The number of sulfonamides is 1. The topological polar surface area (TPSA) is 96.5 Å². The number of aromatic nitrogens is 2. The third kappa shape index (κ3) is 6.61. The Morgan fingerprint density at radius 1 is 1.00 bits per heavy atom. The number of nitrogens with one attached hydrogen (secondary N) is 2. The normalized spacial score (nSPS) is 22.0. The summed E-state index contributed by atoms with van der Waals surface area (Å²) in [6.07, 6.45) is -0.782. The number of hydrogen-bond acceptors (Lipinski definition) is 7. The van der Waals surface area contributed by atoms with E-state index in [4.69, 9.17) is 4.74 Å². The molecule has 1 saturated carbocycles. The zero-order valence-corrected chi connectivity index (χ0v) is 27.6. The molecule has 0 unspecified atom stereocenters. The van der Waals surface area contributed by atoms with Crippen molar-refractivity contribution in [3.63, 3.8) is 0 Å². The first-order chi connectivity index (χ1) is 21.6. The average Bonchev–Trinajstić information content (AvgIpc) is 2.96. The molecule has 2 aliphatic heterocycles. The lowest BCUT2D eigenvalue weighted by Crippen LogP contribution is -2.58. The Hall–Kier alpha value is -3.22. The van der Waals surface area contributed by atoms with Gasteiger partial charge in [-0.3, -0.25) is 4.90 Å². The van der Waals surface area contributed by atoms with E-state index in [1.165, 1.54) is 19.9 Å². The van der Waals surface area contributed by atoms with Crippen molar-refractivity contribution >= 4 is 16.0 Å². The van der Waals surface area contributed by atoms with Gasteiger partial charge >= 0.3 is 6.18 Å². The lowest BCUT2D eigenvalue weighted by Gasteiger charge is -2.56. The van der Waals surface area contributed by atoms with Gasteiger partial charge in [0.05, 0.1) is 16.0 Å². The number of halogens is 3. The molecule has 2 fully saturated rings. The van der Waals surface area contributed by atoms with Gasteiger partial charge in [-0.2, -0.15) is 18.2 Å². The number of alkyl halides is 3. The number of fused-ring (bicyclic) bond motifs is 4. The largest absolute Gasteiger partial charge is 0.476 e. The molecule has 248 valence electrons. The maximum atomic E-state index is 14.4. The van der Waals surface area contributed by atoms with E-state index in [0.717, 1.165) is 55.5 Å². The Balaban J connectivity index is 1.45. The van der Waals surface area contributed by atoms with Gasteiger partial charge < -0.3 is 10.1 Å². The molecule has 0 amide bonds. The van der Waals surface area contributed by atoms with Crippen molar-refractivity contribution in [1.29, 1.82) is 0 Å². The molecule has 3 heterocycles. The Bertz CT molecular complexity index is 1680. The number of ether oxygens (including phenoxy) is 1.